The Kier molecular flexibility index (Phi) is 4.03. The number of rotatable bonds is 3. The fourth-order valence-corrected chi connectivity index (χ4v) is 1.97. The van der Waals surface area contributed by atoms with Crippen LogP contribution in [0.2, 0.25) is 0 Å². The van der Waals surface area contributed by atoms with Gasteiger partial charge in [-0.15, -0.1) is 0 Å². The molecule has 0 bridgehead atoms. The minimum absolute atomic E-state index is 0.138. The second-order valence-electron chi connectivity index (χ2n) is 4.86. The van der Waals surface area contributed by atoms with Gasteiger partial charge in [0.1, 0.15) is 5.82 Å². The maximum atomic E-state index is 13.1. The van der Waals surface area contributed by atoms with Crippen molar-refractivity contribution in [2.75, 3.05) is 12.8 Å². The topological polar surface area (TPSA) is 46.3 Å². The fraction of sp³-hybridized carbons (Fsp3) is 0.188. The monoisotopic (exact) mass is 272 g/mol. The summed E-state index contributed by atoms with van der Waals surface area (Å²) in [6.45, 7) is 2.24. The van der Waals surface area contributed by atoms with Crippen molar-refractivity contribution < 1.29 is 9.18 Å². The molecule has 0 saturated heterocycles. The van der Waals surface area contributed by atoms with Crippen molar-refractivity contribution in [2.24, 2.45) is 0 Å². The molecule has 0 fully saturated rings. The Morgan fingerprint density at radius 1 is 1.25 bits per heavy atom. The van der Waals surface area contributed by atoms with Crippen molar-refractivity contribution in [1.82, 2.24) is 4.90 Å². The third-order valence-electron chi connectivity index (χ3n) is 3.18. The van der Waals surface area contributed by atoms with Crippen LogP contribution in [0.5, 0.6) is 0 Å². The molecule has 2 N–H and O–H groups in total. The van der Waals surface area contributed by atoms with Gasteiger partial charge >= 0.3 is 0 Å². The maximum absolute atomic E-state index is 13.1. The first kappa shape index (κ1) is 14.1. The Labute approximate surface area is 117 Å². The number of anilines is 1. The van der Waals surface area contributed by atoms with Crippen molar-refractivity contribution in [2.45, 2.75) is 13.5 Å². The van der Waals surface area contributed by atoms with Gasteiger partial charge in [0.15, 0.2) is 0 Å². The molecule has 0 aromatic heterocycles. The summed E-state index contributed by atoms with van der Waals surface area (Å²) in [6, 6.07) is 11.5. The number of nitrogen functional groups attached to an aromatic ring is 1. The molecule has 0 aliphatic rings. The van der Waals surface area contributed by atoms with Crippen LogP contribution in [-0.2, 0) is 6.54 Å². The van der Waals surface area contributed by atoms with E-state index in [9.17, 15) is 9.18 Å². The van der Waals surface area contributed by atoms with Gasteiger partial charge in [-0.1, -0.05) is 18.2 Å². The first-order chi connectivity index (χ1) is 9.47. The summed E-state index contributed by atoms with van der Waals surface area (Å²) in [7, 11) is 1.68. The standard InChI is InChI=1S/C16H17FN2O/c1-11-6-7-13(9-15(11)18)16(20)19(2)10-12-4-3-5-14(17)8-12/h3-9H,10,18H2,1-2H3. The Bertz CT molecular complexity index is 640. The number of amides is 1. The lowest BCUT2D eigenvalue weighted by molar-refractivity contribution is 0.0785. The second-order valence-corrected chi connectivity index (χ2v) is 4.86. The largest absolute Gasteiger partial charge is 0.398 e. The predicted molar refractivity (Wildman–Crippen MR) is 77.8 cm³/mol. The Balaban J connectivity index is 2.14. The zero-order valence-corrected chi connectivity index (χ0v) is 11.6. The number of benzene rings is 2. The molecule has 0 aliphatic carbocycles. The highest BCUT2D eigenvalue weighted by Gasteiger charge is 2.13. The average Bonchev–Trinajstić information content (AvgIpc) is 2.41. The maximum Gasteiger partial charge on any atom is 0.253 e. The second kappa shape index (κ2) is 5.74. The van der Waals surface area contributed by atoms with Crippen LogP contribution in [-0.4, -0.2) is 17.9 Å². The van der Waals surface area contributed by atoms with E-state index in [0.29, 0.717) is 17.8 Å². The Morgan fingerprint density at radius 3 is 2.65 bits per heavy atom. The number of nitrogens with two attached hydrogens (primary N) is 1. The van der Waals surface area contributed by atoms with Crippen LogP contribution in [0, 0.1) is 12.7 Å². The van der Waals surface area contributed by atoms with Crippen molar-refractivity contribution in [3.8, 4) is 0 Å². The molecule has 0 unspecified atom stereocenters. The molecule has 1 amide bonds. The first-order valence-electron chi connectivity index (χ1n) is 6.33. The summed E-state index contributed by atoms with van der Waals surface area (Å²) in [5.74, 6) is -0.441. The molecule has 4 heteroatoms. The van der Waals surface area contributed by atoms with Gasteiger partial charge in [0.25, 0.3) is 5.91 Å². The van der Waals surface area contributed by atoms with Crippen LogP contribution in [0.4, 0.5) is 10.1 Å². The summed E-state index contributed by atoms with van der Waals surface area (Å²) >= 11 is 0. The zero-order valence-electron chi connectivity index (χ0n) is 11.6. The summed E-state index contributed by atoms with van der Waals surface area (Å²) < 4.78 is 13.1. The highest BCUT2D eigenvalue weighted by Crippen LogP contribution is 2.15. The van der Waals surface area contributed by atoms with Gasteiger partial charge in [0.05, 0.1) is 0 Å². The SMILES string of the molecule is Cc1ccc(C(=O)N(C)Cc2cccc(F)c2)cc1N. The molecule has 3 nitrogen and oxygen atoms in total. The van der Waals surface area contributed by atoms with Crippen molar-refractivity contribution >= 4 is 11.6 Å². The van der Waals surface area contributed by atoms with Crippen LogP contribution in [0.25, 0.3) is 0 Å². The molecule has 20 heavy (non-hydrogen) atoms. The van der Waals surface area contributed by atoms with Gasteiger partial charge in [-0.2, -0.15) is 0 Å². The molecule has 104 valence electrons. The number of hydrogen-bond acceptors (Lipinski definition) is 2. The highest BCUT2D eigenvalue weighted by atomic mass is 19.1. The third-order valence-corrected chi connectivity index (χ3v) is 3.18. The molecular weight excluding hydrogens is 255 g/mol. The summed E-state index contributed by atoms with van der Waals surface area (Å²) in [6.07, 6.45) is 0. The lowest BCUT2D eigenvalue weighted by Crippen LogP contribution is -2.26. The van der Waals surface area contributed by atoms with Crippen LogP contribution in [0.3, 0.4) is 0 Å². The molecule has 0 radical (unpaired) electrons. The minimum atomic E-state index is -0.303. The molecule has 0 heterocycles. The van der Waals surface area contributed by atoms with Crippen LogP contribution >= 0.6 is 0 Å². The molecular formula is C16H17FN2O. The smallest absolute Gasteiger partial charge is 0.253 e. The fourth-order valence-electron chi connectivity index (χ4n) is 1.97. The molecule has 2 aromatic carbocycles. The number of aryl methyl sites for hydroxylation is 1. The first-order valence-corrected chi connectivity index (χ1v) is 6.33. The van der Waals surface area contributed by atoms with Gasteiger partial charge in [0, 0.05) is 24.8 Å². The van der Waals surface area contributed by atoms with E-state index in [0.717, 1.165) is 11.1 Å². The van der Waals surface area contributed by atoms with E-state index in [1.54, 1.807) is 36.2 Å². The Morgan fingerprint density at radius 2 is 2.00 bits per heavy atom. The number of carbonyl (C=O) groups is 1. The lowest BCUT2D eigenvalue weighted by atomic mass is 10.1. The van der Waals surface area contributed by atoms with E-state index in [4.69, 9.17) is 5.73 Å². The van der Waals surface area contributed by atoms with E-state index in [1.165, 1.54) is 12.1 Å². The van der Waals surface area contributed by atoms with E-state index in [1.807, 2.05) is 13.0 Å². The van der Waals surface area contributed by atoms with Crippen molar-refractivity contribution in [1.29, 1.82) is 0 Å². The van der Waals surface area contributed by atoms with Gasteiger partial charge in [-0.3, -0.25) is 4.79 Å². The molecule has 0 atom stereocenters. The molecule has 2 aromatic rings. The van der Waals surface area contributed by atoms with Crippen molar-refractivity contribution in [3.63, 3.8) is 0 Å². The van der Waals surface area contributed by atoms with Crippen LogP contribution in [0.15, 0.2) is 42.5 Å². The average molecular weight is 272 g/mol. The normalized spacial score (nSPS) is 10.3. The van der Waals surface area contributed by atoms with E-state index < -0.39 is 0 Å². The van der Waals surface area contributed by atoms with Gasteiger partial charge in [-0.05, 0) is 42.3 Å². The molecule has 2 rings (SSSR count). The number of halogens is 1. The van der Waals surface area contributed by atoms with Crippen LogP contribution < -0.4 is 5.73 Å². The molecule has 0 saturated carbocycles. The summed E-state index contributed by atoms with van der Waals surface area (Å²) in [5, 5.41) is 0. The van der Waals surface area contributed by atoms with Crippen molar-refractivity contribution in [3.05, 3.63) is 65.0 Å². The molecule has 0 spiro atoms. The molecule has 0 aliphatic heterocycles. The Hall–Kier alpha value is -2.36. The number of carbonyl (C=O) groups excluding carboxylic acids is 1. The lowest BCUT2D eigenvalue weighted by Gasteiger charge is -2.18. The van der Waals surface area contributed by atoms with Crippen LogP contribution in [0.1, 0.15) is 21.5 Å². The third kappa shape index (κ3) is 3.15. The van der Waals surface area contributed by atoms with E-state index in [-0.39, 0.29) is 11.7 Å². The predicted octanol–water partition coefficient (Wildman–Crippen LogP) is 2.99. The zero-order chi connectivity index (χ0) is 14.7. The number of nitrogens with zero attached hydrogens (tertiary/aromatic N) is 1. The van der Waals surface area contributed by atoms with E-state index in [2.05, 4.69) is 0 Å². The van der Waals surface area contributed by atoms with Gasteiger partial charge in [-0.25, -0.2) is 4.39 Å². The van der Waals surface area contributed by atoms with E-state index >= 15 is 0 Å². The minimum Gasteiger partial charge on any atom is -0.398 e. The number of hydrogen-bond donors (Lipinski definition) is 1. The summed E-state index contributed by atoms with van der Waals surface area (Å²) in [4.78, 5) is 13.8. The quantitative estimate of drug-likeness (QED) is 0.873. The highest BCUT2D eigenvalue weighted by molar-refractivity contribution is 5.95. The van der Waals surface area contributed by atoms with Gasteiger partial charge in [0.2, 0.25) is 0 Å². The summed E-state index contributed by atoms with van der Waals surface area (Å²) in [5.41, 5.74) is 8.63. The van der Waals surface area contributed by atoms with Gasteiger partial charge < -0.3 is 10.6 Å².